The maximum Gasteiger partial charge on any atom is 0.257 e. The Hall–Kier alpha value is -2.51. The highest BCUT2D eigenvalue weighted by molar-refractivity contribution is 7.14. The Labute approximate surface area is 166 Å². The molecule has 3 aromatic rings. The third-order valence-electron chi connectivity index (χ3n) is 3.98. The highest BCUT2D eigenvalue weighted by Gasteiger charge is 2.20. The van der Waals surface area contributed by atoms with Crippen molar-refractivity contribution in [3.8, 4) is 0 Å². The summed E-state index contributed by atoms with van der Waals surface area (Å²) in [5.74, 6) is 0.00982. The summed E-state index contributed by atoms with van der Waals surface area (Å²) in [6.45, 7) is 4.18. The first kappa shape index (κ1) is 19.3. The van der Waals surface area contributed by atoms with E-state index in [-0.39, 0.29) is 24.3 Å². The fourth-order valence-corrected chi connectivity index (χ4v) is 4.28. The second kappa shape index (κ2) is 8.92. The minimum Gasteiger partial charge on any atom is -0.348 e. The van der Waals surface area contributed by atoms with Gasteiger partial charge < -0.3 is 5.32 Å². The summed E-state index contributed by atoms with van der Waals surface area (Å²) in [6.07, 6.45) is 0.187. The molecule has 0 aliphatic heterocycles. The lowest BCUT2D eigenvalue weighted by Crippen LogP contribution is -2.32. The van der Waals surface area contributed by atoms with Gasteiger partial charge in [0.25, 0.3) is 5.91 Å². The molecule has 3 rings (SSSR count). The molecule has 140 valence electrons. The number of anilines is 1. The lowest BCUT2D eigenvalue weighted by molar-refractivity contribution is -0.121. The first-order valence-corrected chi connectivity index (χ1v) is 10.4. The normalized spacial score (nSPS) is 12.0. The van der Waals surface area contributed by atoms with E-state index in [9.17, 15) is 9.59 Å². The van der Waals surface area contributed by atoms with Crippen molar-refractivity contribution >= 4 is 39.6 Å². The number of carbonyl (C=O) groups is 2. The van der Waals surface area contributed by atoms with Crippen LogP contribution in [0.15, 0.2) is 53.2 Å². The van der Waals surface area contributed by atoms with Gasteiger partial charge in [-0.2, -0.15) is 0 Å². The van der Waals surface area contributed by atoms with E-state index in [0.29, 0.717) is 22.3 Å². The van der Waals surface area contributed by atoms with E-state index in [2.05, 4.69) is 29.5 Å². The van der Waals surface area contributed by atoms with Gasteiger partial charge in [-0.3, -0.25) is 14.9 Å². The fraction of sp³-hybridized carbons (Fsp3) is 0.250. The molecule has 0 saturated carbocycles. The van der Waals surface area contributed by atoms with Crippen molar-refractivity contribution in [2.45, 2.75) is 26.3 Å². The maximum atomic E-state index is 12.4. The molecule has 0 saturated heterocycles. The molecule has 7 heteroatoms. The van der Waals surface area contributed by atoms with Gasteiger partial charge in [0.05, 0.1) is 18.2 Å². The third-order valence-corrected chi connectivity index (χ3v) is 5.74. The van der Waals surface area contributed by atoms with Gasteiger partial charge in [0.1, 0.15) is 0 Å². The second-order valence-electron chi connectivity index (χ2n) is 6.45. The fourth-order valence-electron chi connectivity index (χ4n) is 2.63. The predicted octanol–water partition coefficient (Wildman–Crippen LogP) is 4.51. The minimum absolute atomic E-state index is 0.00612. The molecule has 2 N–H and O–H groups in total. The van der Waals surface area contributed by atoms with Crippen LogP contribution in [-0.2, 0) is 11.2 Å². The zero-order valence-electron chi connectivity index (χ0n) is 15.1. The summed E-state index contributed by atoms with van der Waals surface area (Å²) in [6, 6.07) is 13.0. The molecule has 1 aromatic carbocycles. The van der Waals surface area contributed by atoms with Crippen molar-refractivity contribution in [2.75, 3.05) is 5.32 Å². The average molecular weight is 400 g/mol. The largest absolute Gasteiger partial charge is 0.348 e. The Morgan fingerprint density at radius 3 is 2.52 bits per heavy atom. The number of nitrogens with zero attached hydrogens (tertiary/aromatic N) is 1. The summed E-state index contributed by atoms with van der Waals surface area (Å²) < 4.78 is 0. The molecule has 0 spiro atoms. The van der Waals surface area contributed by atoms with E-state index in [1.165, 1.54) is 11.3 Å². The standard InChI is InChI=1S/C20H21N3O2S2/c1-13(2)18(16-9-6-10-26-16)22-17(24)11-15-12-27-20(21-15)23-19(25)14-7-4-3-5-8-14/h3-10,12-13,18H,11H2,1-2H3,(H,22,24)(H,21,23,25). The van der Waals surface area contributed by atoms with E-state index in [0.717, 1.165) is 4.88 Å². The Morgan fingerprint density at radius 1 is 1.07 bits per heavy atom. The Balaban J connectivity index is 1.58. The molecular formula is C20H21N3O2S2. The highest BCUT2D eigenvalue weighted by Crippen LogP contribution is 2.26. The summed E-state index contributed by atoms with van der Waals surface area (Å²) >= 11 is 2.96. The van der Waals surface area contributed by atoms with E-state index in [1.54, 1.807) is 28.8 Å². The molecule has 0 bridgehead atoms. The first-order valence-electron chi connectivity index (χ1n) is 8.66. The molecule has 27 heavy (non-hydrogen) atoms. The molecule has 2 aromatic heterocycles. The zero-order valence-corrected chi connectivity index (χ0v) is 16.8. The van der Waals surface area contributed by atoms with Gasteiger partial charge >= 0.3 is 0 Å². The average Bonchev–Trinajstić information content (AvgIpc) is 3.32. The van der Waals surface area contributed by atoms with E-state index in [4.69, 9.17) is 0 Å². The van der Waals surface area contributed by atoms with Gasteiger partial charge in [0.15, 0.2) is 5.13 Å². The number of rotatable bonds is 7. The van der Waals surface area contributed by atoms with Crippen molar-refractivity contribution in [3.05, 3.63) is 69.4 Å². The summed E-state index contributed by atoms with van der Waals surface area (Å²) in [5.41, 5.74) is 1.22. The predicted molar refractivity (Wildman–Crippen MR) is 110 cm³/mol. The van der Waals surface area contributed by atoms with Crippen LogP contribution in [0.5, 0.6) is 0 Å². The number of amides is 2. The van der Waals surface area contributed by atoms with Crippen LogP contribution in [0.3, 0.4) is 0 Å². The molecule has 0 fully saturated rings. The van der Waals surface area contributed by atoms with Crippen LogP contribution in [-0.4, -0.2) is 16.8 Å². The van der Waals surface area contributed by atoms with E-state index < -0.39 is 0 Å². The number of nitrogens with one attached hydrogen (secondary N) is 2. The molecule has 2 heterocycles. The Morgan fingerprint density at radius 2 is 1.85 bits per heavy atom. The van der Waals surface area contributed by atoms with Gasteiger partial charge in [-0.1, -0.05) is 38.1 Å². The topological polar surface area (TPSA) is 71.1 Å². The molecule has 0 aliphatic carbocycles. The molecule has 5 nitrogen and oxygen atoms in total. The van der Waals surface area contributed by atoms with Crippen molar-refractivity contribution in [2.24, 2.45) is 5.92 Å². The van der Waals surface area contributed by atoms with Crippen LogP contribution in [0.25, 0.3) is 0 Å². The van der Waals surface area contributed by atoms with Crippen molar-refractivity contribution in [1.29, 1.82) is 0 Å². The number of carbonyl (C=O) groups excluding carboxylic acids is 2. The number of aromatic nitrogens is 1. The van der Waals surface area contributed by atoms with Gasteiger partial charge in [-0.15, -0.1) is 22.7 Å². The van der Waals surface area contributed by atoms with Crippen LogP contribution >= 0.6 is 22.7 Å². The number of hydrogen-bond donors (Lipinski definition) is 2. The van der Waals surface area contributed by atoms with Gasteiger partial charge in [-0.25, -0.2) is 4.98 Å². The molecule has 0 radical (unpaired) electrons. The highest BCUT2D eigenvalue weighted by atomic mass is 32.1. The van der Waals surface area contributed by atoms with Crippen molar-refractivity contribution in [3.63, 3.8) is 0 Å². The van der Waals surface area contributed by atoms with Crippen LogP contribution < -0.4 is 10.6 Å². The van der Waals surface area contributed by atoms with Gasteiger partial charge in [0.2, 0.25) is 5.91 Å². The van der Waals surface area contributed by atoms with Gasteiger partial charge in [0, 0.05) is 15.8 Å². The number of thiophene rings is 1. The Kier molecular flexibility index (Phi) is 6.36. The molecule has 2 amide bonds. The van der Waals surface area contributed by atoms with Crippen LogP contribution in [0.1, 0.15) is 40.8 Å². The smallest absolute Gasteiger partial charge is 0.257 e. The van der Waals surface area contributed by atoms with Crippen molar-refractivity contribution in [1.82, 2.24) is 10.3 Å². The van der Waals surface area contributed by atoms with Crippen molar-refractivity contribution < 1.29 is 9.59 Å². The first-order chi connectivity index (χ1) is 13.0. The molecular weight excluding hydrogens is 378 g/mol. The molecule has 0 aliphatic rings. The minimum atomic E-state index is -0.210. The summed E-state index contributed by atoms with van der Waals surface area (Å²) in [4.78, 5) is 30.1. The number of hydrogen-bond acceptors (Lipinski definition) is 5. The summed E-state index contributed by atoms with van der Waals surface area (Å²) in [5, 5.41) is 10.2. The quantitative estimate of drug-likeness (QED) is 0.614. The molecule has 1 atom stereocenters. The molecule has 1 unspecified atom stereocenters. The van der Waals surface area contributed by atoms with Crippen LogP contribution in [0, 0.1) is 5.92 Å². The zero-order chi connectivity index (χ0) is 19.2. The van der Waals surface area contributed by atoms with E-state index in [1.807, 2.05) is 35.7 Å². The lowest BCUT2D eigenvalue weighted by Gasteiger charge is -2.21. The van der Waals surface area contributed by atoms with E-state index >= 15 is 0 Å². The number of thiazole rings is 1. The maximum absolute atomic E-state index is 12.4. The lowest BCUT2D eigenvalue weighted by atomic mass is 10.0. The second-order valence-corrected chi connectivity index (χ2v) is 8.28. The Bertz CT molecular complexity index is 889. The van der Waals surface area contributed by atoms with Crippen LogP contribution in [0.4, 0.5) is 5.13 Å². The number of benzene rings is 1. The van der Waals surface area contributed by atoms with Gasteiger partial charge in [-0.05, 0) is 29.5 Å². The monoisotopic (exact) mass is 399 g/mol. The summed E-state index contributed by atoms with van der Waals surface area (Å²) in [7, 11) is 0. The SMILES string of the molecule is CC(C)C(NC(=O)Cc1csc(NC(=O)c2ccccc2)n1)c1cccs1. The third kappa shape index (κ3) is 5.24. The van der Waals surface area contributed by atoms with Crippen LogP contribution in [0.2, 0.25) is 0 Å².